The van der Waals surface area contributed by atoms with E-state index in [4.69, 9.17) is 5.73 Å². The third-order valence-electron chi connectivity index (χ3n) is 3.19. The Hall–Kier alpha value is -1.26. The number of hydrogen-bond acceptors (Lipinski definition) is 2. The molecule has 0 aromatic rings. The van der Waals surface area contributed by atoms with Crippen LogP contribution in [0.5, 0.6) is 0 Å². The lowest BCUT2D eigenvalue weighted by Crippen LogP contribution is -2.41. The first-order valence-corrected chi connectivity index (χ1v) is 8.20. The van der Waals surface area contributed by atoms with E-state index in [0.29, 0.717) is 19.0 Å². The lowest BCUT2D eigenvalue weighted by Gasteiger charge is -2.17. The van der Waals surface area contributed by atoms with Crippen LogP contribution < -0.4 is 16.4 Å². The first kappa shape index (κ1) is 19.7. The van der Waals surface area contributed by atoms with Crippen molar-refractivity contribution >= 4 is 11.9 Å². The number of aliphatic imine (C=N–C) groups is 1. The van der Waals surface area contributed by atoms with Crippen molar-refractivity contribution in [1.29, 1.82) is 0 Å². The number of nitrogens with zero attached hydrogens (tertiary/aromatic N) is 1. The Morgan fingerprint density at radius 2 is 1.57 bits per heavy atom. The van der Waals surface area contributed by atoms with E-state index in [0.717, 1.165) is 13.0 Å². The Balaban J connectivity index is 3.54. The molecular formula is C16H34N4O. The fourth-order valence-electron chi connectivity index (χ4n) is 1.78. The van der Waals surface area contributed by atoms with Crippen LogP contribution in [0.1, 0.15) is 66.2 Å². The average molecular weight is 298 g/mol. The molecule has 1 amide bonds. The molecule has 0 radical (unpaired) electrons. The van der Waals surface area contributed by atoms with E-state index in [9.17, 15) is 4.79 Å². The number of nitrogens with one attached hydrogen (secondary N) is 2. The minimum absolute atomic E-state index is 0.0480. The van der Waals surface area contributed by atoms with Gasteiger partial charge in [-0.05, 0) is 6.42 Å². The maximum absolute atomic E-state index is 11.6. The molecule has 0 rings (SSSR count). The van der Waals surface area contributed by atoms with Gasteiger partial charge in [-0.25, -0.2) is 0 Å². The van der Waals surface area contributed by atoms with E-state index in [2.05, 4.69) is 22.5 Å². The van der Waals surface area contributed by atoms with E-state index < -0.39 is 0 Å². The van der Waals surface area contributed by atoms with Crippen molar-refractivity contribution in [3.63, 3.8) is 0 Å². The Morgan fingerprint density at radius 1 is 1.00 bits per heavy atom. The Morgan fingerprint density at radius 3 is 2.19 bits per heavy atom. The third kappa shape index (κ3) is 12.2. The summed E-state index contributed by atoms with van der Waals surface area (Å²) in [5, 5.41) is 5.88. The van der Waals surface area contributed by atoms with E-state index in [1.54, 1.807) is 0 Å². The summed E-state index contributed by atoms with van der Waals surface area (Å²) in [6, 6.07) is 0. The van der Waals surface area contributed by atoms with Crippen molar-refractivity contribution in [2.75, 3.05) is 19.6 Å². The number of carbonyl (C=O) groups is 1. The molecule has 0 heterocycles. The molecule has 21 heavy (non-hydrogen) atoms. The first-order chi connectivity index (χ1) is 9.88. The summed E-state index contributed by atoms with van der Waals surface area (Å²) in [7, 11) is 0. The van der Waals surface area contributed by atoms with Gasteiger partial charge in [0, 0.05) is 25.0 Å². The molecule has 0 spiro atoms. The van der Waals surface area contributed by atoms with E-state index in [1.165, 1.54) is 32.1 Å². The number of hydrogen-bond donors (Lipinski definition) is 3. The van der Waals surface area contributed by atoms with Crippen LogP contribution in [0.2, 0.25) is 0 Å². The number of rotatable bonds is 10. The van der Waals surface area contributed by atoms with E-state index in [-0.39, 0.29) is 11.3 Å². The monoisotopic (exact) mass is 298 g/mol. The highest BCUT2D eigenvalue weighted by Crippen LogP contribution is 2.11. The predicted molar refractivity (Wildman–Crippen MR) is 90.3 cm³/mol. The van der Waals surface area contributed by atoms with Crippen molar-refractivity contribution < 1.29 is 4.79 Å². The van der Waals surface area contributed by atoms with Crippen molar-refractivity contribution in [3.8, 4) is 0 Å². The Labute approximate surface area is 130 Å². The molecule has 0 aromatic heterocycles. The van der Waals surface area contributed by atoms with Crippen LogP contribution in [0.3, 0.4) is 0 Å². The summed E-state index contributed by atoms with van der Waals surface area (Å²) in [5.41, 5.74) is 5.42. The SMILES string of the molecule is CCCCCCCCN=C(N)NCCNC(=O)C(C)(C)C. The van der Waals surface area contributed by atoms with Crippen LogP contribution in [0.15, 0.2) is 4.99 Å². The molecule has 0 atom stereocenters. The molecule has 0 aliphatic rings. The molecule has 0 aliphatic carbocycles. The zero-order valence-corrected chi connectivity index (χ0v) is 14.3. The second kappa shape index (κ2) is 11.4. The second-order valence-electron chi connectivity index (χ2n) is 6.47. The van der Waals surface area contributed by atoms with E-state index in [1.807, 2.05) is 20.8 Å². The van der Waals surface area contributed by atoms with Crippen molar-refractivity contribution in [2.24, 2.45) is 16.1 Å². The van der Waals surface area contributed by atoms with Gasteiger partial charge in [0.1, 0.15) is 0 Å². The normalized spacial score (nSPS) is 12.3. The molecule has 0 aliphatic heterocycles. The van der Waals surface area contributed by atoms with Gasteiger partial charge in [0.05, 0.1) is 0 Å². The Kier molecular flexibility index (Phi) is 10.7. The van der Waals surface area contributed by atoms with Crippen LogP contribution >= 0.6 is 0 Å². The maximum Gasteiger partial charge on any atom is 0.225 e. The standard InChI is InChI=1S/C16H34N4O/c1-5-6-7-8-9-10-11-19-15(17)20-13-12-18-14(21)16(2,3)4/h5-13H2,1-4H3,(H,18,21)(H3,17,19,20). The molecule has 0 saturated heterocycles. The van der Waals surface area contributed by atoms with Gasteiger partial charge in [0.2, 0.25) is 5.91 Å². The highest BCUT2D eigenvalue weighted by molar-refractivity contribution is 5.81. The zero-order valence-electron chi connectivity index (χ0n) is 14.3. The van der Waals surface area contributed by atoms with Crippen LogP contribution in [0.4, 0.5) is 0 Å². The zero-order chi connectivity index (χ0) is 16.1. The predicted octanol–water partition coefficient (Wildman–Crippen LogP) is 2.41. The molecular weight excluding hydrogens is 264 g/mol. The first-order valence-electron chi connectivity index (χ1n) is 8.20. The van der Waals surface area contributed by atoms with Crippen LogP contribution in [0, 0.1) is 5.41 Å². The number of carbonyl (C=O) groups excluding carboxylic acids is 1. The largest absolute Gasteiger partial charge is 0.370 e. The van der Waals surface area contributed by atoms with Gasteiger partial charge in [-0.2, -0.15) is 0 Å². The lowest BCUT2D eigenvalue weighted by molar-refractivity contribution is -0.128. The van der Waals surface area contributed by atoms with Gasteiger partial charge < -0.3 is 16.4 Å². The molecule has 124 valence electrons. The number of nitrogens with two attached hydrogens (primary N) is 1. The van der Waals surface area contributed by atoms with Gasteiger partial charge in [0.15, 0.2) is 5.96 Å². The molecule has 5 heteroatoms. The van der Waals surface area contributed by atoms with Gasteiger partial charge in [-0.3, -0.25) is 9.79 Å². The molecule has 5 nitrogen and oxygen atoms in total. The average Bonchev–Trinajstić information content (AvgIpc) is 2.41. The molecule has 4 N–H and O–H groups in total. The molecule has 0 aromatic carbocycles. The molecule has 0 unspecified atom stereocenters. The van der Waals surface area contributed by atoms with Crippen molar-refractivity contribution in [3.05, 3.63) is 0 Å². The maximum atomic E-state index is 11.6. The fraction of sp³-hybridized carbons (Fsp3) is 0.875. The van der Waals surface area contributed by atoms with Gasteiger partial charge >= 0.3 is 0 Å². The van der Waals surface area contributed by atoms with Crippen molar-refractivity contribution in [2.45, 2.75) is 66.2 Å². The van der Waals surface area contributed by atoms with Crippen LogP contribution in [-0.4, -0.2) is 31.5 Å². The third-order valence-corrected chi connectivity index (χ3v) is 3.19. The molecule has 0 saturated carbocycles. The quantitative estimate of drug-likeness (QED) is 0.329. The topological polar surface area (TPSA) is 79.5 Å². The van der Waals surface area contributed by atoms with Gasteiger partial charge in [-0.15, -0.1) is 0 Å². The van der Waals surface area contributed by atoms with E-state index >= 15 is 0 Å². The summed E-state index contributed by atoms with van der Waals surface area (Å²) in [6.07, 6.45) is 7.52. The van der Waals surface area contributed by atoms with Gasteiger partial charge in [0.25, 0.3) is 0 Å². The molecule has 0 bridgehead atoms. The summed E-state index contributed by atoms with van der Waals surface area (Å²) < 4.78 is 0. The second-order valence-corrected chi connectivity index (χ2v) is 6.47. The Bertz CT molecular complexity index is 308. The highest BCUT2D eigenvalue weighted by Gasteiger charge is 2.20. The van der Waals surface area contributed by atoms with Crippen molar-refractivity contribution in [1.82, 2.24) is 10.6 Å². The van der Waals surface area contributed by atoms with Gasteiger partial charge in [-0.1, -0.05) is 59.8 Å². The summed E-state index contributed by atoms with van der Waals surface area (Å²) in [6.45, 7) is 9.85. The minimum Gasteiger partial charge on any atom is -0.370 e. The smallest absolute Gasteiger partial charge is 0.225 e. The highest BCUT2D eigenvalue weighted by atomic mass is 16.2. The molecule has 0 fully saturated rings. The van der Waals surface area contributed by atoms with Crippen LogP contribution in [-0.2, 0) is 4.79 Å². The number of amides is 1. The summed E-state index contributed by atoms with van der Waals surface area (Å²) >= 11 is 0. The summed E-state index contributed by atoms with van der Waals surface area (Å²) in [5.74, 6) is 0.514. The number of guanidine groups is 1. The minimum atomic E-state index is -0.350. The lowest BCUT2D eigenvalue weighted by atomic mass is 9.96. The van der Waals surface area contributed by atoms with Crippen LogP contribution in [0.25, 0.3) is 0 Å². The summed E-state index contributed by atoms with van der Waals surface area (Å²) in [4.78, 5) is 15.9. The number of unbranched alkanes of at least 4 members (excludes halogenated alkanes) is 5. The fourth-order valence-corrected chi connectivity index (χ4v) is 1.78.